The first kappa shape index (κ1) is 17.4. The zero-order chi connectivity index (χ0) is 14.0. The molecule has 114 valence electrons. The van der Waals surface area contributed by atoms with Crippen LogP contribution in [0.1, 0.15) is 16.6 Å². The molecule has 6 nitrogen and oxygen atoms in total. The molecule has 0 saturated carbocycles. The van der Waals surface area contributed by atoms with Gasteiger partial charge in [0.15, 0.2) is 0 Å². The summed E-state index contributed by atoms with van der Waals surface area (Å²) in [6.07, 6.45) is 0. The first-order valence-electron chi connectivity index (χ1n) is 5.99. The lowest BCUT2D eigenvalue weighted by Crippen LogP contribution is -2.48. The Hall–Kier alpha value is -0.670. The van der Waals surface area contributed by atoms with Crippen molar-refractivity contribution in [2.24, 2.45) is 0 Å². The van der Waals surface area contributed by atoms with Crippen molar-refractivity contribution in [1.82, 2.24) is 9.21 Å². The summed E-state index contributed by atoms with van der Waals surface area (Å²) in [5, 5.41) is 10.2. The van der Waals surface area contributed by atoms with Crippen molar-refractivity contribution >= 4 is 39.7 Å². The van der Waals surface area contributed by atoms with Crippen LogP contribution in [0.4, 0.5) is 0 Å². The van der Waals surface area contributed by atoms with Gasteiger partial charge in [-0.05, 0) is 12.6 Å². The normalized spacial score (nSPS) is 17.6. The van der Waals surface area contributed by atoms with Gasteiger partial charge in [0.1, 0.15) is 4.88 Å². The molecule has 0 radical (unpaired) electrons. The molecule has 0 atom stereocenters. The van der Waals surface area contributed by atoms with Crippen molar-refractivity contribution in [2.75, 3.05) is 32.7 Å². The number of nitrogens with zero attached hydrogens (tertiary/aromatic N) is 2. The van der Waals surface area contributed by atoms with E-state index in [2.05, 4.69) is 4.90 Å². The zero-order valence-corrected chi connectivity index (χ0v) is 13.4. The van der Waals surface area contributed by atoms with Crippen LogP contribution in [0.15, 0.2) is 16.3 Å². The molecule has 9 heteroatoms. The number of carboxylic acids is 1. The van der Waals surface area contributed by atoms with Gasteiger partial charge < -0.3 is 10.0 Å². The van der Waals surface area contributed by atoms with Crippen LogP contribution in [-0.4, -0.2) is 61.4 Å². The molecule has 0 aromatic carbocycles. The molecular formula is C11H17ClN2O4S2. The second-order valence-corrected chi connectivity index (χ2v) is 7.14. The van der Waals surface area contributed by atoms with Crippen LogP contribution in [0.25, 0.3) is 0 Å². The smallest absolute Gasteiger partial charge is 0.345 e. The summed E-state index contributed by atoms with van der Waals surface area (Å²) in [4.78, 5) is 13.1. The van der Waals surface area contributed by atoms with Gasteiger partial charge >= 0.3 is 5.97 Å². The van der Waals surface area contributed by atoms with Crippen molar-refractivity contribution in [2.45, 2.75) is 11.8 Å². The fourth-order valence-corrected chi connectivity index (χ4v) is 4.52. The third-order valence-electron chi connectivity index (χ3n) is 3.20. The van der Waals surface area contributed by atoms with Crippen LogP contribution >= 0.6 is 23.7 Å². The molecule has 0 amide bonds. The highest BCUT2D eigenvalue weighted by atomic mass is 35.5. The highest BCUT2D eigenvalue weighted by Gasteiger charge is 2.29. The molecule has 0 aliphatic carbocycles. The Kier molecular flexibility index (Phi) is 5.96. The van der Waals surface area contributed by atoms with Gasteiger partial charge in [0.25, 0.3) is 0 Å². The average Bonchev–Trinajstić information content (AvgIpc) is 2.89. The zero-order valence-electron chi connectivity index (χ0n) is 11.0. The maximum atomic E-state index is 12.3. The summed E-state index contributed by atoms with van der Waals surface area (Å²) < 4.78 is 26.1. The molecule has 1 aliphatic heterocycles. The Labute approximate surface area is 128 Å². The summed E-state index contributed by atoms with van der Waals surface area (Å²) in [6.45, 7) is 5.29. The number of likely N-dealkylation sites (N-methyl/N-ethyl adjacent to an activating group) is 1. The lowest BCUT2D eigenvalue weighted by atomic mass is 10.4. The minimum Gasteiger partial charge on any atom is -0.477 e. The van der Waals surface area contributed by atoms with Gasteiger partial charge in [-0.15, -0.1) is 23.7 Å². The van der Waals surface area contributed by atoms with Crippen molar-refractivity contribution in [1.29, 1.82) is 0 Å². The second-order valence-electron chi connectivity index (χ2n) is 4.29. The summed E-state index contributed by atoms with van der Waals surface area (Å²) >= 11 is 0.938. The summed E-state index contributed by atoms with van der Waals surface area (Å²) in [6, 6.07) is 1.23. The first-order valence-corrected chi connectivity index (χ1v) is 8.31. The van der Waals surface area contributed by atoms with Gasteiger partial charge in [-0.2, -0.15) is 4.31 Å². The molecule has 1 aromatic heterocycles. The number of carbonyl (C=O) groups is 1. The van der Waals surface area contributed by atoms with Crippen molar-refractivity contribution < 1.29 is 18.3 Å². The van der Waals surface area contributed by atoms with Crippen molar-refractivity contribution in [3.8, 4) is 0 Å². The third kappa shape index (κ3) is 3.50. The lowest BCUT2D eigenvalue weighted by molar-refractivity contribution is 0.0702. The van der Waals surface area contributed by atoms with Crippen LogP contribution in [0.2, 0.25) is 0 Å². The SMILES string of the molecule is CCN1CCN(S(=O)(=O)c2csc(C(=O)O)c2)CC1.Cl. The van der Waals surface area contributed by atoms with E-state index in [1.54, 1.807) is 0 Å². The maximum absolute atomic E-state index is 12.3. The van der Waals surface area contributed by atoms with Crippen LogP contribution < -0.4 is 0 Å². The molecule has 0 unspecified atom stereocenters. The molecule has 2 heterocycles. The van der Waals surface area contributed by atoms with Gasteiger partial charge in [-0.1, -0.05) is 6.92 Å². The number of sulfonamides is 1. The minimum absolute atomic E-state index is 0. The van der Waals surface area contributed by atoms with Crippen LogP contribution in [0.3, 0.4) is 0 Å². The Bertz CT molecular complexity index is 565. The fourth-order valence-electron chi connectivity index (χ4n) is 2.00. The lowest BCUT2D eigenvalue weighted by Gasteiger charge is -2.32. The standard InChI is InChI=1S/C11H16N2O4S2.ClH/c1-2-12-3-5-13(6-4-12)19(16,17)9-7-10(11(14)15)18-8-9;/h7-8H,2-6H2,1H3,(H,14,15);1H. The number of thiophene rings is 1. The number of carboxylic acid groups (broad SMARTS) is 1. The third-order valence-corrected chi connectivity index (χ3v) is 6.15. The summed E-state index contributed by atoms with van der Waals surface area (Å²) in [5.74, 6) is -1.10. The Morgan fingerprint density at radius 3 is 2.40 bits per heavy atom. The van der Waals surface area contributed by atoms with Crippen LogP contribution in [0.5, 0.6) is 0 Å². The highest BCUT2D eigenvalue weighted by Crippen LogP contribution is 2.23. The van der Waals surface area contributed by atoms with E-state index in [-0.39, 0.29) is 22.2 Å². The van der Waals surface area contributed by atoms with Gasteiger partial charge in [-0.3, -0.25) is 0 Å². The second kappa shape index (κ2) is 6.86. The summed E-state index contributed by atoms with van der Waals surface area (Å²) in [7, 11) is -3.55. The van der Waals surface area contributed by atoms with Crippen LogP contribution in [0, 0.1) is 0 Å². The average molecular weight is 341 g/mol. The van der Waals surface area contributed by atoms with E-state index in [4.69, 9.17) is 5.11 Å². The Balaban J connectivity index is 0.00000200. The van der Waals surface area contributed by atoms with Crippen molar-refractivity contribution in [3.05, 3.63) is 16.3 Å². The molecule has 2 rings (SSSR count). The van der Waals surface area contributed by atoms with Gasteiger partial charge in [0.2, 0.25) is 10.0 Å². The number of aromatic carboxylic acids is 1. The monoisotopic (exact) mass is 340 g/mol. The highest BCUT2D eigenvalue weighted by molar-refractivity contribution is 7.89. The fraction of sp³-hybridized carbons (Fsp3) is 0.545. The molecule has 1 aromatic rings. The number of hydrogen-bond acceptors (Lipinski definition) is 5. The maximum Gasteiger partial charge on any atom is 0.345 e. The summed E-state index contributed by atoms with van der Waals surface area (Å²) in [5.41, 5.74) is 0. The molecule has 1 saturated heterocycles. The molecule has 20 heavy (non-hydrogen) atoms. The molecule has 1 N–H and O–H groups in total. The van der Waals surface area contributed by atoms with Gasteiger partial charge in [-0.25, -0.2) is 13.2 Å². The van der Waals surface area contributed by atoms with E-state index in [9.17, 15) is 13.2 Å². The van der Waals surface area contributed by atoms with Gasteiger partial charge in [0.05, 0.1) is 4.90 Å². The number of hydrogen-bond donors (Lipinski definition) is 1. The van der Waals surface area contributed by atoms with E-state index < -0.39 is 16.0 Å². The molecular weight excluding hydrogens is 324 g/mol. The minimum atomic E-state index is -3.55. The predicted octanol–water partition coefficient (Wildman–Crippen LogP) is 1.19. The van der Waals surface area contributed by atoms with Gasteiger partial charge in [0, 0.05) is 31.6 Å². The molecule has 0 spiro atoms. The molecule has 1 fully saturated rings. The number of rotatable bonds is 4. The van der Waals surface area contributed by atoms with E-state index in [0.29, 0.717) is 26.2 Å². The molecule has 0 bridgehead atoms. The first-order chi connectivity index (χ1) is 8.95. The number of piperazine rings is 1. The van der Waals surface area contributed by atoms with E-state index in [0.717, 1.165) is 17.9 Å². The van der Waals surface area contributed by atoms with Crippen LogP contribution in [-0.2, 0) is 10.0 Å². The van der Waals surface area contributed by atoms with Crippen molar-refractivity contribution in [3.63, 3.8) is 0 Å². The van der Waals surface area contributed by atoms with E-state index in [1.165, 1.54) is 15.8 Å². The topological polar surface area (TPSA) is 77.9 Å². The Morgan fingerprint density at radius 2 is 1.95 bits per heavy atom. The quantitative estimate of drug-likeness (QED) is 0.891. The van der Waals surface area contributed by atoms with E-state index >= 15 is 0 Å². The Morgan fingerprint density at radius 1 is 1.35 bits per heavy atom. The predicted molar refractivity (Wildman–Crippen MR) is 79.4 cm³/mol. The largest absolute Gasteiger partial charge is 0.477 e. The molecule has 1 aliphatic rings. The van der Waals surface area contributed by atoms with E-state index in [1.807, 2.05) is 6.92 Å². The number of halogens is 1.